The maximum Gasteiger partial charge on any atom is 0.0588 e. The molecule has 2 aliphatic rings. The van der Waals surface area contributed by atoms with E-state index >= 15 is 0 Å². The predicted octanol–water partition coefficient (Wildman–Crippen LogP) is 5.91. The first kappa shape index (κ1) is 12.5. The number of benzene rings is 1. The van der Waals surface area contributed by atoms with Gasteiger partial charge in [0.2, 0.25) is 0 Å². The van der Waals surface area contributed by atoms with E-state index in [-0.39, 0.29) is 5.38 Å². The van der Waals surface area contributed by atoms with Gasteiger partial charge in [0.05, 0.1) is 5.38 Å². The van der Waals surface area contributed by atoms with E-state index in [1.54, 1.807) is 5.56 Å². The third kappa shape index (κ3) is 2.32. The SMILES string of the molecule is CC1CCC(Cl)c2cc(C3CCCCC3)ccc21. The Hall–Kier alpha value is -0.490. The second kappa shape index (κ2) is 5.25. The largest absolute Gasteiger partial charge is 0.118 e. The smallest absolute Gasteiger partial charge is 0.0588 e. The van der Waals surface area contributed by atoms with Crippen LogP contribution in [0.4, 0.5) is 0 Å². The van der Waals surface area contributed by atoms with E-state index in [1.807, 2.05) is 0 Å². The van der Waals surface area contributed by atoms with Crippen molar-refractivity contribution in [2.45, 2.75) is 69.1 Å². The van der Waals surface area contributed by atoms with Crippen molar-refractivity contribution < 1.29 is 0 Å². The Labute approximate surface area is 116 Å². The van der Waals surface area contributed by atoms with E-state index < -0.39 is 0 Å². The van der Waals surface area contributed by atoms with Gasteiger partial charge in [-0.3, -0.25) is 0 Å². The van der Waals surface area contributed by atoms with Crippen LogP contribution in [-0.4, -0.2) is 0 Å². The van der Waals surface area contributed by atoms with Crippen LogP contribution in [0, 0.1) is 0 Å². The molecule has 2 unspecified atom stereocenters. The van der Waals surface area contributed by atoms with Crippen LogP contribution in [0.5, 0.6) is 0 Å². The average molecular weight is 263 g/mol. The van der Waals surface area contributed by atoms with Crippen LogP contribution >= 0.6 is 11.6 Å². The molecule has 0 bridgehead atoms. The molecule has 0 saturated heterocycles. The minimum Gasteiger partial charge on any atom is -0.118 e. The van der Waals surface area contributed by atoms with Crippen LogP contribution in [-0.2, 0) is 0 Å². The van der Waals surface area contributed by atoms with Crippen LogP contribution in [0.25, 0.3) is 0 Å². The number of alkyl halides is 1. The van der Waals surface area contributed by atoms with Gasteiger partial charge in [-0.1, -0.05) is 44.4 Å². The molecular formula is C17H23Cl. The summed E-state index contributed by atoms with van der Waals surface area (Å²) in [5.74, 6) is 1.49. The summed E-state index contributed by atoms with van der Waals surface area (Å²) in [7, 11) is 0. The quantitative estimate of drug-likeness (QED) is 0.552. The normalized spacial score (nSPS) is 29.0. The highest BCUT2D eigenvalue weighted by molar-refractivity contribution is 6.21. The lowest BCUT2D eigenvalue weighted by Crippen LogP contribution is -2.11. The van der Waals surface area contributed by atoms with Crippen molar-refractivity contribution in [3.63, 3.8) is 0 Å². The van der Waals surface area contributed by atoms with Gasteiger partial charge < -0.3 is 0 Å². The van der Waals surface area contributed by atoms with Gasteiger partial charge in [-0.15, -0.1) is 11.6 Å². The highest BCUT2D eigenvalue weighted by atomic mass is 35.5. The van der Waals surface area contributed by atoms with Gasteiger partial charge in [0, 0.05) is 0 Å². The van der Waals surface area contributed by atoms with Gasteiger partial charge >= 0.3 is 0 Å². The molecule has 1 aromatic carbocycles. The molecule has 0 heterocycles. The summed E-state index contributed by atoms with van der Waals surface area (Å²) in [5.41, 5.74) is 4.48. The number of hydrogen-bond acceptors (Lipinski definition) is 0. The van der Waals surface area contributed by atoms with Crippen molar-refractivity contribution in [3.05, 3.63) is 34.9 Å². The number of fused-ring (bicyclic) bond motifs is 1. The molecule has 2 atom stereocenters. The molecule has 1 aromatic rings. The van der Waals surface area contributed by atoms with E-state index in [0.717, 1.165) is 12.3 Å². The maximum absolute atomic E-state index is 6.52. The fourth-order valence-electron chi connectivity index (χ4n) is 3.71. The molecule has 98 valence electrons. The monoisotopic (exact) mass is 262 g/mol. The minimum absolute atomic E-state index is 0.250. The van der Waals surface area contributed by atoms with E-state index in [0.29, 0.717) is 5.92 Å². The fourth-order valence-corrected chi connectivity index (χ4v) is 4.03. The Morgan fingerprint density at radius 3 is 2.50 bits per heavy atom. The molecule has 0 nitrogen and oxygen atoms in total. The second-order valence-electron chi connectivity index (χ2n) is 6.17. The Morgan fingerprint density at radius 2 is 1.72 bits per heavy atom. The van der Waals surface area contributed by atoms with Crippen LogP contribution in [0.15, 0.2) is 18.2 Å². The molecule has 2 aliphatic carbocycles. The molecule has 1 heteroatoms. The van der Waals surface area contributed by atoms with Crippen molar-refractivity contribution in [3.8, 4) is 0 Å². The van der Waals surface area contributed by atoms with Crippen molar-refractivity contribution in [1.82, 2.24) is 0 Å². The van der Waals surface area contributed by atoms with Crippen molar-refractivity contribution >= 4 is 11.6 Å². The molecule has 0 aliphatic heterocycles. The Morgan fingerprint density at radius 1 is 0.944 bits per heavy atom. The molecule has 3 rings (SSSR count). The molecule has 1 fully saturated rings. The summed E-state index contributed by atoms with van der Waals surface area (Å²) in [5, 5.41) is 0.250. The fraction of sp³-hybridized carbons (Fsp3) is 0.647. The molecular weight excluding hydrogens is 240 g/mol. The molecule has 0 N–H and O–H groups in total. The van der Waals surface area contributed by atoms with Crippen LogP contribution in [0.1, 0.15) is 85.8 Å². The average Bonchev–Trinajstić information content (AvgIpc) is 2.44. The Kier molecular flexibility index (Phi) is 3.66. The van der Waals surface area contributed by atoms with Crippen molar-refractivity contribution in [1.29, 1.82) is 0 Å². The molecule has 0 aromatic heterocycles. The summed E-state index contributed by atoms with van der Waals surface area (Å²) >= 11 is 6.52. The van der Waals surface area contributed by atoms with Crippen LogP contribution in [0.3, 0.4) is 0 Å². The van der Waals surface area contributed by atoms with Gasteiger partial charge in [0.15, 0.2) is 0 Å². The Bertz CT molecular complexity index is 418. The lowest BCUT2D eigenvalue weighted by atomic mass is 9.79. The van der Waals surface area contributed by atoms with Gasteiger partial charge in [-0.25, -0.2) is 0 Å². The standard InChI is InChI=1S/C17H23Cl/c1-12-7-10-17(18)16-11-14(8-9-15(12)16)13-5-3-2-4-6-13/h8-9,11-13,17H,2-7,10H2,1H3. The van der Waals surface area contributed by atoms with E-state index in [9.17, 15) is 0 Å². The highest BCUT2D eigenvalue weighted by Crippen LogP contribution is 2.43. The van der Waals surface area contributed by atoms with E-state index in [1.165, 1.54) is 49.7 Å². The summed E-state index contributed by atoms with van der Waals surface area (Å²) in [4.78, 5) is 0. The van der Waals surface area contributed by atoms with Gasteiger partial charge in [-0.05, 0) is 54.2 Å². The third-order valence-electron chi connectivity index (χ3n) is 4.91. The maximum atomic E-state index is 6.52. The number of hydrogen-bond donors (Lipinski definition) is 0. The molecule has 0 radical (unpaired) electrons. The van der Waals surface area contributed by atoms with Gasteiger partial charge in [0.25, 0.3) is 0 Å². The van der Waals surface area contributed by atoms with Gasteiger partial charge in [-0.2, -0.15) is 0 Å². The summed E-state index contributed by atoms with van der Waals surface area (Å²) in [6.07, 6.45) is 9.37. The number of halogens is 1. The molecule has 0 spiro atoms. The highest BCUT2D eigenvalue weighted by Gasteiger charge is 2.25. The zero-order chi connectivity index (χ0) is 12.5. The van der Waals surface area contributed by atoms with Crippen molar-refractivity contribution in [2.75, 3.05) is 0 Å². The predicted molar refractivity (Wildman–Crippen MR) is 78.5 cm³/mol. The Balaban J connectivity index is 1.91. The second-order valence-corrected chi connectivity index (χ2v) is 6.70. The molecule has 1 saturated carbocycles. The topological polar surface area (TPSA) is 0 Å². The first-order valence-corrected chi connectivity index (χ1v) is 7.97. The van der Waals surface area contributed by atoms with E-state index in [2.05, 4.69) is 25.1 Å². The third-order valence-corrected chi connectivity index (χ3v) is 5.36. The van der Waals surface area contributed by atoms with E-state index in [4.69, 9.17) is 11.6 Å². The van der Waals surface area contributed by atoms with Gasteiger partial charge in [0.1, 0.15) is 0 Å². The summed E-state index contributed by atoms with van der Waals surface area (Å²) in [6, 6.07) is 7.16. The van der Waals surface area contributed by atoms with Crippen LogP contribution in [0.2, 0.25) is 0 Å². The van der Waals surface area contributed by atoms with Crippen molar-refractivity contribution in [2.24, 2.45) is 0 Å². The summed E-state index contributed by atoms with van der Waals surface area (Å²) in [6.45, 7) is 2.34. The number of rotatable bonds is 1. The first-order valence-electron chi connectivity index (χ1n) is 7.53. The molecule has 18 heavy (non-hydrogen) atoms. The summed E-state index contributed by atoms with van der Waals surface area (Å²) < 4.78 is 0. The minimum atomic E-state index is 0.250. The lowest BCUT2D eigenvalue weighted by molar-refractivity contribution is 0.442. The molecule has 0 amide bonds. The lowest BCUT2D eigenvalue weighted by Gasteiger charge is -2.29. The van der Waals surface area contributed by atoms with Crippen LogP contribution < -0.4 is 0 Å². The zero-order valence-electron chi connectivity index (χ0n) is 11.3. The first-order chi connectivity index (χ1) is 8.75. The zero-order valence-corrected chi connectivity index (χ0v) is 12.0.